The zero-order valence-corrected chi connectivity index (χ0v) is 14.6. The lowest BCUT2D eigenvalue weighted by atomic mass is 9.90. The van der Waals surface area contributed by atoms with Gasteiger partial charge in [-0.3, -0.25) is 9.36 Å². The standard InChI is InChI=1S/C20H19N3O3/c1-25-14-8-9-17(26-2)16(10-14)23-12-21-19-15(11-18(24)22-20(19)23)13-6-4-3-5-7-13/h3-10,12,15H,11H2,1-2H3,(H,22,24). The molecule has 0 bridgehead atoms. The molecule has 6 heteroatoms. The normalized spacial score (nSPS) is 15.9. The second kappa shape index (κ2) is 6.55. The van der Waals surface area contributed by atoms with Crippen LogP contribution in [0.15, 0.2) is 54.9 Å². The van der Waals surface area contributed by atoms with Crippen LogP contribution in [0.4, 0.5) is 5.82 Å². The van der Waals surface area contributed by atoms with Crippen LogP contribution in [0.5, 0.6) is 11.5 Å². The molecule has 0 saturated carbocycles. The van der Waals surface area contributed by atoms with E-state index in [-0.39, 0.29) is 11.8 Å². The number of carbonyl (C=O) groups is 1. The van der Waals surface area contributed by atoms with Crippen molar-refractivity contribution < 1.29 is 14.3 Å². The molecule has 0 radical (unpaired) electrons. The van der Waals surface area contributed by atoms with Crippen molar-refractivity contribution in [2.75, 3.05) is 19.5 Å². The molecular formula is C20H19N3O3. The number of hydrogen-bond acceptors (Lipinski definition) is 4. The third kappa shape index (κ3) is 2.69. The third-order valence-corrected chi connectivity index (χ3v) is 4.62. The molecule has 0 saturated heterocycles. The lowest BCUT2D eigenvalue weighted by molar-refractivity contribution is -0.116. The van der Waals surface area contributed by atoms with Crippen molar-refractivity contribution in [3.05, 3.63) is 66.1 Å². The van der Waals surface area contributed by atoms with E-state index in [4.69, 9.17) is 9.47 Å². The summed E-state index contributed by atoms with van der Waals surface area (Å²) in [6, 6.07) is 15.5. The van der Waals surface area contributed by atoms with Crippen molar-refractivity contribution in [3.63, 3.8) is 0 Å². The maximum absolute atomic E-state index is 12.4. The minimum Gasteiger partial charge on any atom is -0.497 e. The van der Waals surface area contributed by atoms with Gasteiger partial charge in [0.15, 0.2) is 0 Å². The maximum Gasteiger partial charge on any atom is 0.226 e. The number of carbonyl (C=O) groups excluding carboxylic acids is 1. The van der Waals surface area contributed by atoms with Crippen molar-refractivity contribution in [1.29, 1.82) is 0 Å². The molecule has 6 nitrogen and oxygen atoms in total. The molecule has 1 aliphatic heterocycles. The monoisotopic (exact) mass is 349 g/mol. The highest BCUT2D eigenvalue weighted by Crippen LogP contribution is 2.39. The Morgan fingerprint density at radius 3 is 2.65 bits per heavy atom. The number of methoxy groups -OCH3 is 2. The first-order chi connectivity index (χ1) is 12.7. The summed E-state index contributed by atoms with van der Waals surface area (Å²) in [4.78, 5) is 17.0. The van der Waals surface area contributed by atoms with E-state index in [1.54, 1.807) is 20.5 Å². The summed E-state index contributed by atoms with van der Waals surface area (Å²) in [6.07, 6.45) is 2.09. The highest BCUT2D eigenvalue weighted by Gasteiger charge is 2.31. The second-order valence-corrected chi connectivity index (χ2v) is 6.10. The van der Waals surface area contributed by atoms with Crippen molar-refractivity contribution in [1.82, 2.24) is 9.55 Å². The highest BCUT2D eigenvalue weighted by molar-refractivity contribution is 5.94. The molecule has 1 atom stereocenters. The number of benzene rings is 2. The topological polar surface area (TPSA) is 65.4 Å². The molecular weight excluding hydrogens is 330 g/mol. The average Bonchev–Trinajstić information content (AvgIpc) is 3.11. The van der Waals surface area contributed by atoms with Crippen LogP contribution in [0.1, 0.15) is 23.6 Å². The quantitative estimate of drug-likeness (QED) is 0.784. The lowest BCUT2D eigenvalue weighted by Gasteiger charge is -2.23. The molecule has 2 heterocycles. The Labute approximate surface area is 151 Å². The van der Waals surface area contributed by atoms with E-state index >= 15 is 0 Å². The molecule has 26 heavy (non-hydrogen) atoms. The van der Waals surface area contributed by atoms with E-state index < -0.39 is 0 Å². The summed E-state index contributed by atoms with van der Waals surface area (Å²) in [5, 5.41) is 2.96. The molecule has 0 spiro atoms. The van der Waals surface area contributed by atoms with Crippen LogP contribution in [-0.2, 0) is 4.79 Å². The molecule has 0 aliphatic carbocycles. The smallest absolute Gasteiger partial charge is 0.226 e. The molecule has 1 aliphatic rings. The predicted octanol–water partition coefficient (Wildman–Crippen LogP) is 3.36. The van der Waals surface area contributed by atoms with Crippen LogP contribution in [0.3, 0.4) is 0 Å². The minimum absolute atomic E-state index is 0.0324. The number of nitrogens with one attached hydrogen (secondary N) is 1. The van der Waals surface area contributed by atoms with Gasteiger partial charge in [0.05, 0.1) is 25.6 Å². The summed E-state index contributed by atoms with van der Waals surface area (Å²) < 4.78 is 12.6. The van der Waals surface area contributed by atoms with Crippen molar-refractivity contribution in [2.45, 2.75) is 12.3 Å². The first kappa shape index (κ1) is 16.2. The van der Waals surface area contributed by atoms with Gasteiger partial charge in [-0.25, -0.2) is 4.98 Å². The Hall–Kier alpha value is -3.28. The molecule has 0 fully saturated rings. The Morgan fingerprint density at radius 1 is 1.12 bits per heavy atom. The van der Waals surface area contributed by atoms with E-state index in [2.05, 4.69) is 10.3 Å². The Balaban J connectivity index is 1.85. The van der Waals surface area contributed by atoms with Crippen LogP contribution in [-0.4, -0.2) is 29.7 Å². The fourth-order valence-corrected chi connectivity index (χ4v) is 3.34. The number of hydrogen-bond donors (Lipinski definition) is 1. The molecule has 4 rings (SSSR count). The molecule has 1 N–H and O–H groups in total. The summed E-state index contributed by atoms with van der Waals surface area (Å²) in [5.74, 6) is 1.93. The first-order valence-corrected chi connectivity index (χ1v) is 8.35. The van der Waals surface area contributed by atoms with Crippen molar-refractivity contribution in [3.8, 4) is 17.2 Å². The van der Waals surface area contributed by atoms with Crippen LogP contribution in [0.2, 0.25) is 0 Å². The number of anilines is 1. The Bertz CT molecular complexity index is 950. The van der Waals surface area contributed by atoms with E-state index in [0.717, 1.165) is 16.9 Å². The molecule has 1 unspecified atom stereocenters. The molecule has 2 aromatic carbocycles. The van der Waals surface area contributed by atoms with E-state index in [1.807, 2.05) is 53.1 Å². The minimum atomic E-state index is -0.0715. The molecule has 1 aromatic heterocycles. The van der Waals surface area contributed by atoms with Gasteiger partial charge < -0.3 is 14.8 Å². The third-order valence-electron chi connectivity index (χ3n) is 4.62. The zero-order valence-electron chi connectivity index (χ0n) is 14.6. The number of amides is 1. The first-order valence-electron chi connectivity index (χ1n) is 8.35. The van der Waals surface area contributed by atoms with Gasteiger partial charge in [0.2, 0.25) is 5.91 Å². The number of imidazole rings is 1. The van der Waals surface area contributed by atoms with Crippen LogP contribution >= 0.6 is 0 Å². The molecule has 1 amide bonds. The Kier molecular flexibility index (Phi) is 4.08. The fraction of sp³-hybridized carbons (Fsp3) is 0.200. The van der Waals surface area contributed by atoms with Gasteiger partial charge >= 0.3 is 0 Å². The maximum atomic E-state index is 12.4. The number of ether oxygens (including phenoxy) is 2. The Morgan fingerprint density at radius 2 is 1.92 bits per heavy atom. The number of nitrogens with zero attached hydrogens (tertiary/aromatic N) is 2. The number of rotatable bonds is 4. The summed E-state index contributed by atoms with van der Waals surface area (Å²) in [6.45, 7) is 0. The van der Waals surface area contributed by atoms with E-state index in [1.165, 1.54) is 0 Å². The van der Waals surface area contributed by atoms with Crippen LogP contribution in [0.25, 0.3) is 5.69 Å². The van der Waals surface area contributed by atoms with Gasteiger partial charge in [0, 0.05) is 18.4 Å². The highest BCUT2D eigenvalue weighted by atomic mass is 16.5. The second-order valence-electron chi connectivity index (χ2n) is 6.10. The zero-order chi connectivity index (χ0) is 18.1. The van der Waals surface area contributed by atoms with Gasteiger partial charge in [-0.2, -0.15) is 0 Å². The summed E-state index contributed by atoms with van der Waals surface area (Å²) in [7, 11) is 3.22. The van der Waals surface area contributed by atoms with Crippen LogP contribution < -0.4 is 14.8 Å². The SMILES string of the molecule is COc1ccc(OC)c(-n2cnc3c2NC(=O)CC3c2ccccc2)c1. The van der Waals surface area contributed by atoms with Gasteiger partial charge in [-0.05, 0) is 17.7 Å². The van der Waals surface area contributed by atoms with Crippen molar-refractivity contribution >= 4 is 11.7 Å². The van der Waals surface area contributed by atoms with E-state index in [0.29, 0.717) is 23.7 Å². The predicted molar refractivity (Wildman–Crippen MR) is 98.2 cm³/mol. The van der Waals surface area contributed by atoms with Gasteiger partial charge in [-0.15, -0.1) is 0 Å². The summed E-state index contributed by atoms with van der Waals surface area (Å²) >= 11 is 0. The number of aromatic nitrogens is 2. The largest absolute Gasteiger partial charge is 0.497 e. The summed E-state index contributed by atoms with van der Waals surface area (Å²) in [5.41, 5.74) is 2.68. The molecule has 3 aromatic rings. The number of fused-ring (bicyclic) bond motifs is 1. The average molecular weight is 349 g/mol. The van der Waals surface area contributed by atoms with Crippen LogP contribution in [0, 0.1) is 0 Å². The van der Waals surface area contributed by atoms with Gasteiger partial charge in [0.1, 0.15) is 23.6 Å². The van der Waals surface area contributed by atoms with E-state index in [9.17, 15) is 4.79 Å². The van der Waals surface area contributed by atoms with Crippen molar-refractivity contribution in [2.24, 2.45) is 0 Å². The molecule has 132 valence electrons. The van der Waals surface area contributed by atoms with Gasteiger partial charge in [0.25, 0.3) is 0 Å². The van der Waals surface area contributed by atoms with Gasteiger partial charge in [-0.1, -0.05) is 30.3 Å². The lowest BCUT2D eigenvalue weighted by Crippen LogP contribution is -2.25. The fourth-order valence-electron chi connectivity index (χ4n) is 3.34.